The van der Waals surface area contributed by atoms with Crippen LogP contribution in [0.1, 0.15) is 25.7 Å². The normalized spacial score (nSPS) is 22.2. The minimum absolute atomic E-state index is 0.217. The van der Waals surface area contributed by atoms with Gasteiger partial charge < -0.3 is 15.7 Å². The van der Waals surface area contributed by atoms with Crippen LogP contribution in [0.5, 0.6) is 0 Å². The number of piperidine rings is 1. The molecule has 1 heterocycles. The first-order chi connectivity index (χ1) is 8.07. The van der Waals surface area contributed by atoms with Crippen LogP contribution in [0.3, 0.4) is 0 Å². The van der Waals surface area contributed by atoms with E-state index in [2.05, 4.69) is 0 Å². The quantitative estimate of drug-likeness (QED) is 0.753. The Kier molecular flexibility index (Phi) is 5.77. The molecule has 6 heteroatoms. The van der Waals surface area contributed by atoms with Crippen LogP contribution < -0.4 is 5.73 Å². The molecule has 0 aliphatic carbocycles. The predicted octanol–water partition coefficient (Wildman–Crippen LogP) is 0.532. The summed E-state index contributed by atoms with van der Waals surface area (Å²) in [6, 6.07) is -1.25. The molecule has 1 saturated heterocycles. The third kappa shape index (κ3) is 3.89. The third-order valence-corrected chi connectivity index (χ3v) is 3.67. The molecule has 0 bridgehead atoms. The van der Waals surface area contributed by atoms with E-state index >= 15 is 0 Å². The van der Waals surface area contributed by atoms with Crippen LogP contribution in [0.25, 0.3) is 0 Å². The van der Waals surface area contributed by atoms with E-state index in [1.807, 2.05) is 6.26 Å². The Hall–Kier alpha value is -0.750. The number of aliphatic carboxylic acids is 1. The van der Waals surface area contributed by atoms with Crippen LogP contribution >= 0.6 is 11.8 Å². The van der Waals surface area contributed by atoms with Crippen molar-refractivity contribution < 1.29 is 14.7 Å². The molecule has 0 radical (unpaired) electrons. The standard InChI is InChI=1S/C11H20N2O3S/c1-17-7-5-8(12)10(14)13-6-3-2-4-9(13)11(15)16/h8-9H,2-7,12H2,1H3,(H,15,16)/t8-,9+/m1/s1. The number of rotatable bonds is 5. The summed E-state index contributed by atoms with van der Waals surface area (Å²) in [6.07, 6.45) is 4.82. The number of hydrogen-bond donors (Lipinski definition) is 2. The average Bonchev–Trinajstić information content (AvgIpc) is 2.34. The van der Waals surface area contributed by atoms with Gasteiger partial charge >= 0.3 is 5.97 Å². The summed E-state index contributed by atoms with van der Waals surface area (Å²) in [5.74, 6) is -0.320. The molecule has 2 atom stereocenters. The van der Waals surface area contributed by atoms with Crippen molar-refractivity contribution in [3.63, 3.8) is 0 Å². The number of likely N-dealkylation sites (tertiary alicyclic amines) is 1. The number of thioether (sulfide) groups is 1. The molecule has 1 aliphatic rings. The maximum absolute atomic E-state index is 12.0. The van der Waals surface area contributed by atoms with E-state index in [-0.39, 0.29) is 5.91 Å². The van der Waals surface area contributed by atoms with E-state index in [0.29, 0.717) is 19.4 Å². The Labute approximate surface area is 106 Å². The van der Waals surface area contributed by atoms with Gasteiger partial charge in [-0.2, -0.15) is 11.8 Å². The zero-order valence-electron chi connectivity index (χ0n) is 10.1. The summed E-state index contributed by atoms with van der Waals surface area (Å²) in [7, 11) is 0. The maximum atomic E-state index is 12.0. The molecule has 0 aromatic rings. The van der Waals surface area contributed by atoms with Crippen LogP contribution in [-0.4, -0.2) is 52.5 Å². The summed E-state index contributed by atoms with van der Waals surface area (Å²) in [5, 5.41) is 9.08. The van der Waals surface area contributed by atoms with Gasteiger partial charge in [0.1, 0.15) is 6.04 Å². The fraction of sp³-hybridized carbons (Fsp3) is 0.818. The molecule has 1 fully saturated rings. The first kappa shape index (κ1) is 14.3. The second-order valence-electron chi connectivity index (χ2n) is 4.27. The van der Waals surface area contributed by atoms with Gasteiger partial charge in [-0.25, -0.2) is 4.79 Å². The molecular weight excluding hydrogens is 240 g/mol. The van der Waals surface area contributed by atoms with Crippen LogP contribution in [0.2, 0.25) is 0 Å². The molecule has 1 aliphatic heterocycles. The molecule has 1 amide bonds. The number of carbonyl (C=O) groups is 2. The maximum Gasteiger partial charge on any atom is 0.326 e. The largest absolute Gasteiger partial charge is 0.480 e. The van der Waals surface area contributed by atoms with Crippen molar-refractivity contribution in [2.75, 3.05) is 18.6 Å². The molecule has 0 unspecified atom stereocenters. The van der Waals surface area contributed by atoms with E-state index < -0.39 is 18.1 Å². The molecule has 0 saturated carbocycles. The number of hydrogen-bond acceptors (Lipinski definition) is 4. The van der Waals surface area contributed by atoms with Crippen molar-refractivity contribution >= 4 is 23.6 Å². The van der Waals surface area contributed by atoms with Crippen molar-refractivity contribution in [3.05, 3.63) is 0 Å². The molecule has 0 spiro atoms. The van der Waals surface area contributed by atoms with Gasteiger partial charge in [0, 0.05) is 6.54 Å². The van der Waals surface area contributed by atoms with Crippen molar-refractivity contribution in [1.29, 1.82) is 0 Å². The lowest BCUT2D eigenvalue weighted by Crippen LogP contribution is -2.53. The Morgan fingerprint density at radius 1 is 1.53 bits per heavy atom. The van der Waals surface area contributed by atoms with Gasteiger partial charge in [0.25, 0.3) is 0 Å². The molecular formula is C11H20N2O3S. The summed E-state index contributed by atoms with van der Waals surface area (Å²) in [6.45, 7) is 0.517. The van der Waals surface area contributed by atoms with Gasteiger partial charge in [0.2, 0.25) is 5.91 Å². The Morgan fingerprint density at radius 2 is 2.24 bits per heavy atom. The molecule has 3 N–H and O–H groups in total. The van der Waals surface area contributed by atoms with Crippen LogP contribution in [0.4, 0.5) is 0 Å². The van der Waals surface area contributed by atoms with Crippen molar-refractivity contribution in [3.8, 4) is 0 Å². The molecule has 5 nitrogen and oxygen atoms in total. The van der Waals surface area contributed by atoms with Gasteiger partial charge in [-0.1, -0.05) is 0 Å². The van der Waals surface area contributed by atoms with Gasteiger partial charge in [-0.15, -0.1) is 0 Å². The molecule has 0 aromatic carbocycles. The minimum atomic E-state index is -0.921. The number of carboxylic acid groups (broad SMARTS) is 1. The summed E-state index contributed by atoms with van der Waals surface area (Å²) >= 11 is 1.63. The Bertz CT molecular complexity index is 286. The third-order valence-electron chi connectivity index (χ3n) is 3.02. The molecule has 17 heavy (non-hydrogen) atoms. The number of carboxylic acids is 1. The van der Waals surface area contributed by atoms with E-state index in [9.17, 15) is 9.59 Å². The lowest BCUT2D eigenvalue weighted by molar-refractivity contribution is -0.152. The predicted molar refractivity (Wildman–Crippen MR) is 68.0 cm³/mol. The SMILES string of the molecule is CSCC[C@@H](N)C(=O)N1CCCC[C@H]1C(=O)O. The van der Waals surface area contributed by atoms with E-state index in [0.717, 1.165) is 18.6 Å². The fourth-order valence-corrected chi connectivity index (χ4v) is 2.52. The lowest BCUT2D eigenvalue weighted by atomic mass is 10.0. The van der Waals surface area contributed by atoms with Crippen molar-refractivity contribution in [1.82, 2.24) is 4.90 Å². The van der Waals surface area contributed by atoms with Crippen molar-refractivity contribution in [2.45, 2.75) is 37.8 Å². The number of amides is 1. The minimum Gasteiger partial charge on any atom is -0.480 e. The smallest absolute Gasteiger partial charge is 0.326 e. The fourth-order valence-electron chi connectivity index (χ4n) is 2.03. The summed E-state index contributed by atoms with van der Waals surface area (Å²) in [4.78, 5) is 24.6. The van der Waals surface area contributed by atoms with Gasteiger partial charge in [-0.3, -0.25) is 4.79 Å². The van der Waals surface area contributed by atoms with Crippen LogP contribution in [-0.2, 0) is 9.59 Å². The summed E-state index contributed by atoms with van der Waals surface area (Å²) in [5.41, 5.74) is 5.80. The zero-order valence-corrected chi connectivity index (χ0v) is 10.9. The second kappa shape index (κ2) is 6.86. The first-order valence-corrected chi connectivity index (χ1v) is 7.25. The van der Waals surface area contributed by atoms with E-state index in [4.69, 9.17) is 10.8 Å². The lowest BCUT2D eigenvalue weighted by Gasteiger charge is -2.34. The first-order valence-electron chi connectivity index (χ1n) is 5.85. The Balaban J connectivity index is 2.61. The van der Waals surface area contributed by atoms with Gasteiger partial charge in [0.05, 0.1) is 6.04 Å². The highest BCUT2D eigenvalue weighted by molar-refractivity contribution is 7.98. The zero-order chi connectivity index (χ0) is 12.8. The van der Waals surface area contributed by atoms with Crippen LogP contribution in [0.15, 0.2) is 0 Å². The molecule has 98 valence electrons. The highest BCUT2D eigenvalue weighted by Crippen LogP contribution is 2.18. The molecule has 0 aromatic heterocycles. The number of nitrogens with two attached hydrogens (primary N) is 1. The topological polar surface area (TPSA) is 83.6 Å². The summed E-state index contributed by atoms with van der Waals surface area (Å²) < 4.78 is 0. The van der Waals surface area contributed by atoms with E-state index in [1.165, 1.54) is 4.90 Å². The Morgan fingerprint density at radius 3 is 2.82 bits per heavy atom. The van der Waals surface area contributed by atoms with Gasteiger partial charge in [0.15, 0.2) is 0 Å². The highest BCUT2D eigenvalue weighted by atomic mass is 32.2. The number of nitrogens with zero attached hydrogens (tertiary/aromatic N) is 1. The highest BCUT2D eigenvalue weighted by Gasteiger charge is 2.33. The second-order valence-corrected chi connectivity index (χ2v) is 5.26. The van der Waals surface area contributed by atoms with Crippen LogP contribution in [0, 0.1) is 0 Å². The monoisotopic (exact) mass is 260 g/mol. The van der Waals surface area contributed by atoms with E-state index in [1.54, 1.807) is 11.8 Å². The average molecular weight is 260 g/mol. The van der Waals surface area contributed by atoms with Crippen molar-refractivity contribution in [2.24, 2.45) is 5.73 Å². The van der Waals surface area contributed by atoms with Gasteiger partial charge in [-0.05, 0) is 37.7 Å². The number of carbonyl (C=O) groups excluding carboxylic acids is 1. The molecule has 1 rings (SSSR count).